The highest BCUT2D eigenvalue weighted by molar-refractivity contribution is 7.99. The number of thiophene rings is 1. The molecule has 0 aliphatic rings. The lowest BCUT2D eigenvalue weighted by atomic mass is 10.1. The van der Waals surface area contributed by atoms with E-state index < -0.39 is 0 Å². The van der Waals surface area contributed by atoms with Crippen molar-refractivity contribution in [2.24, 2.45) is 0 Å². The number of carbonyl (C=O) groups is 1. The third-order valence-corrected chi connectivity index (χ3v) is 6.41. The summed E-state index contributed by atoms with van der Waals surface area (Å²) in [6.07, 6.45) is 1.59. The second-order valence-corrected chi connectivity index (χ2v) is 8.43. The van der Waals surface area contributed by atoms with E-state index in [1.807, 2.05) is 41.8 Å². The number of thioether (sulfide) groups is 1. The SMILES string of the molecule is COc1ccccc1-n1cnnc1SCC(=O)NC(c1ccc(F)cc1)c1cccs1. The van der Waals surface area contributed by atoms with Crippen molar-refractivity contribution in [2.75, 3.05) is 12.9 Å². The maximum Gasteiger partial charge on any atom is 0.231 e. The molecule has 1 N–H and O–H groups in total. The zero-order valence-electron chi connectivity index (χ0n) is 16.6. The van der Waals surface area contributed by atoms with Crippen LogP contribution in [0.15, 0.2) is 77.5 Å². The number of nitrogens with one attached hydrogen (secondary N) is 1. The summed E-state index contributed by atoms with van der Waals surface area (Å²) in [5.41, 5.74) is 1.61. The summed E-state index contributed by atoms with van der Waals surface area (Å²) < 4.78 is 20.5. The van der Waals surface area contributed by atoms with Crippen molar-refractivity contribution in [2.45, 2.75) is 11.2 Å². The maximum atomic E-state index is 13.4. The van der Waals surface area contributed by atoms with E-state index >= 15 is 0 Å². The smallest absolute Gasteiger partial charge is 0.231 e. The van der Waals surface area contributed by atoms with Crippen molar-refractivity contribution in [1.29, 1.82) is 0 Å². The van der Waals surface area contributed by atoms with Crippen LogP contribution in [0.4, 0.5) is 4.39 Å². The summed E-state index contributed by atoms with van der Waals surface area (Å²) in [5.74, 6) is 0.355. The van der Waals surface area contributed by atoms with Crippen LogP contribution in [0.5, 0.6) is 5.75 Å². The summed E-state index contributed by atoms with van der Waals surface area (Å²) in [4.78, 5) is 13.7. The molecule has 4 aromatic rings. The zero-order chi connectivity index (χ0) is 21.6. The van der Waals surface area contributed by atoms with E-state index in [1.54, 1.807) is 30.1 Å². The predicted molar refractivity (Wildman–Crippen MR) is 119 cm³/mol. The number of hydrogen-bond donors (Lipinski definition) is 1. The van der Waals surface area contributed by atoms with Gasteiger partial charge in [-0.2, -0.15) is 0 Å². The van der Waals surface area contributed by atoms with Crippen molar-refractivity contribution in [3.05, 3.63) is 88.6 Å². The Bertz CT molecular complexity index is 1150. The van der Waals surface area contributed by atoms with Gasteiger partial charge in [-0.3, -0.25) is 9.36 Å². The Labute approximate surface area is 187 Å². The quantitative estimate of drug-likeness (QED) is 0.398. The molecule has 9 heteroatoms. The van der Waals surface area contributed by atoms with E-state index in [9.17, 15) is 9.18 Å². The Balaban J connectivity index is 1.48. The third kappa shape index (κ3) is 4.95. The largest absolute Gasteiger partial charge is 0.495 e. The Kier molecular flexibility index (Phi) is 6.63. The standard InChI is InChI=1S/C22H19FN4O2S2/c1-29-18-6-3-2-5-17(18)27-14-24-26-22(27)31-13-20(28)25-21(19-7-4-12-30-19)15-8-10-16(23)11-9-15/h2-12,14,21H,13H2,1H3,(H,25,28). The third-order valence-electron chi connectivity index (χ3n) is 4.53. The second kappa shape index (κ2) is 9.76. The molecule has 0 radical (unpaired) electrons. The summed E-state index contributed by atoms with van der Waals surface area (Å²) >= 11 is 2.81. The Hall–Kier alpha value is -3.17. The van der Waals surface area contributed by atoms with Crippen LogP contribution in [0.1, 0.15) is 16.5 Å². The van der Waals surface area contributed by atoms with E-state index in [4.69, 9.17) is 4.74 Å². The van der Waals surface area contributed by atoms with Gasteiger partial charge in [-0.15, -0.1) is 21.5 Å². The second-order valence-electron chi connectivity index (χ2n) is 6.51. The molecule has 0 saturated carbocycles. The van der Waals surface area contributed by atoms with Gasteiger partial charge in [0.05, 0.1) is 24.6 Å². The fourth-order valence-electron chi connectivity index (χ4n) is 3.08. The first-order valence-electron chi connectivity index (χ1n) is 9.40. The van der Waals surface area contributed by atoms with Gasteiger partial charge in [-0.05, 0) is 41.3 Å². The number of rotatable bonds is 8. The van der Waals surface area contributed by atoms with E-state index in [-0.39, 0.29) is 23.5 Å². The van der Waals surface area contributed by atoms with Crippen LogP contribution in [0.2, 0.25) is 0 Å². The number of para-hydroxylation sites is 2. The van der Waals surface area contributed by atoms with Crippen molar-refractivity contribution in [1.82, 2.24) is 20.1 Å². The number of methoxy groups -OCH3 is 1. The molecule has 1 atom stereocenters. The van der Waals surface area contributed by atoms with Gasteiger partial charge in [0.1, 0.15) is 17.9 Å². The van der Waals surface area contributed by atoms with Crippen molar-refractivity contribution >= 4 is 29.0 Å². The average Bonchev–Trinajstić information content (AvgIpc) is 3.49. The molecular weight excluding hydrogens is 435 g/mol. The van der Waals surface area contributed by atoms with Crippen LogP contribution in [0.3, 0.4) is 0 Å². The summed E-state index contributed by atoms with van der Waals surface area (Å²) in [6.45, 7) is 0. The fraction of sp³-hybridized carbons (Fsp3) is 0.136. The van der Waals surface area contributed by atoms with Gasteiger partial charge in [0, 0.05) is 4.88 Å². The summed E-state index contributed by atoms with van der Waals surface area (Å²) in [5, 5.41) is 13.7. The van der Waals surface area contributed by atoms with E-state index in [1.165, 1.54) is 35.2 Å². The molecule has 4 rings (SSSR count). The first-order valence-corrected chi connectivity index (χ1v) is 11.3. The van der Waals surface area contributed by atoms with Crippen molar-refractivity contribution < 1.29 is 13.9 Å². The number of amides is 1. The maximum absolute atomic E-state index is 13.4. The molecular formula is C22H19FN4O2S2. The van der Waals surface area contributed by atoms with Gasteiger partial charge in [0.2, 0.25) is 5.91 Å². The zero-order valence-corrected chi connectivity index (χ0v) is 18.2. The molecule has 2 aromatic carbocycles. The monoisotopic (exact) mass is 454 g/mol. The molecule has 2 heterocycles. The van der Waals surface area contributed by atoms with Gasteiger partial charge in [0.25, 0.3) is 0 Å². The van der Waals surface area contributed by atoms with Gasteiger partial charge >= 0.3 is 0 Å². The molecule has 31 heavy (non-hydrogen) atoms. The molecule has 0 saturated heterocycles. The highest BCUT2D eigenvalue weighted by Gasteiger charge is 2.19. The molecule has 6 nitrogen and oxygen atoms in total. The van der Waals surface area contributed by atoms with Gasteiger partial charge in [-0.25, -0.2) is 4.39 Å². The molecule has 1 unspecified atom stereocenters. The normalized spacial score (nSPS) is 11.8. The first kappa shape index (κ1) is 21.1. The molecule has 2 aromatic heterocycles. The fourth-order valence-corrected chi connectivity index (χ4v) is 4.61. The Morgan fingerprint density at radius 1 is 1.19 bits per heavy atom. The molecule has 1 amide bonds. The van der Waals surface area contributed by atoms with Gasteiger partial charge < -0.3 is 10.1 Å². The minimum absolute atomic E-state index is 0.150. The topological polar surface area (TPSA) is 69.0 Å². The Morgan fingerprint density at radius 3 is 2.74 bits per heavy atom. The lowest BCUT2D eigenvalue weighted by molar-refractivity contribution is -0.119. The number of ether oxygens (including phenoxy) is 1. The van der Waals surface area contributed by atoms with Crippen LogP contribution < -0.4 is 10.1 Å². The van der Waals surface area contributed by atoms with E-state index in [0.717, 1.165) is 16.1 Å². The predicted octanol–water partition coefficient (Wildman–Crippen LogP) is 4.47. The molecule has 0 fully saturated rings. The van der Waals surface area contributed by atoms with Crippen molar-refractivity contribution in [3.63, 3.8) is 0 Å². The van der Waals surface area contributed by atoms with Crippen molar-refractivity contribution in [3.8, 4) is 11.4 Å². The van der Waals surface area contributed by atoms with Crippen LogP contribution in [-0.2, 0) is 4.79 Å². The minimum atomic E-state index is -0.346. The number of halogens is 1. The number of nitrogens with zero attached hydrogens (tertiary/aromatic N) is 3. The summed E-state index contributed by atoms with van der Waals surface area (Å²) in [6, 6.07) is 17.2. The van der Waals surface area contributed by atoms with Crippen LogP contribution in [0.25, 0.3) is 5.69 Å². The number of benzene rings is 2. The van der Waals surface area contributed by atoms with Gasteiger partial charge in [0.15, 0.2) is 5.16 Å². The number of aromatic nitrogens is 3. The van der Waals surface area contributed by atoms with E-state index in [0.29, 0.717) is 10.9 Å². The molecule has 0 aliphatic heterocycles. The lowest BCUT2D eigenvalue weighted by Gasteiger charge is -2.18. The van der Waals surface area contributed by atoms with E-state index in [2.05, 4.69) is 15.5 Å². The molecule has 0 spiro atoms. The Morgan fingerprint density at radius 2 is 2.00 bits per heavy atom. The molecule has 0 bridgehead atoms. The molecule has 158 valence electrons. The lowest BCUT2D eigenvalue weighted by Crippen LogP contribution is -2.30. The highest BCUT2D eigenvalue weighted by Crippen LogP contribution is 2.28. The summed E-state index contributed by atoms with van der Waals surface area (Å²) in [7, 11) is 1.60. The number of hydrogen-bond acceptors (Lipinski definition) is 6. The van der Waals surface area contributed by atoms with Crippen LogP contribution in [0, 0.1) is 5.82 Å². The molecule has 0 aliphatic carbocycles. The van der Waals surface area contributed by atoms with Crippen LogP contribution in [-0.4, -0.2) is 33.5 Å². The van der Waals surface area contributed by atoms with Crippen LogP contribution >= 0.6 is 23.1 Å². The minimum Gasteiger partial charge on any atom is -0.495 e. The number of carbonyl (C=O) groups excluding carboxylic acids is 1. The van der Waals surface area contributed by atoms with Gasteiger partial charge in [-0.1, -0.05) is 42.1 Å². The first-order chi connectivity index (χ1) is 15.2. The average molecular weight is 455 g/mol. The highest BCUT2D eigenvalue weighted by atomic mass is 32.2.